The van der Waals surface area contributed by atoms with Crippen molar-refractivity contribution < 1.29 is 117 Å². The van der Waals surface area contributed by atoms with E-state index in [4.69, 9.17) is 67.8 Å². The number of hydrogen-bond acceptors (Lipinski definition) is 22. The van der Waals surface area contributed by atoms with Crippen molar-refractivity contribution in [3.8, 4) is 69.0 Å². The summed E-state index contributed by atoms with van der Waals surface area (Å²) in [4.78, 5) is 66.2. The van der Waals surface area contributed by atoms with E-state index in [2.05, 4.69) is 0 Å². The molecule has 6 aromatic rings. The number of aliphatic carboxylic acids is 2. The van der Waals surface area contributed by atoms with Crippen LogP contribution in [-0.2, 0) is 44.5 Å². The lowest BCUT2D eigenvalue weighted by atomic mass is 9.97. The molecule has 6 aromatic carbocycles. The highest BCUT2D eigenvalue weighted by Gasteiger charge is 2.28. The summed E-state index contributed by atoms with van der Waals surface area (Å²) >= 11 is 0. The maximum absolute atomic E-state index is 12.2. The third-order valence-electron chi connectivity index (χ3n) is 14.1. The molecule has 0 radical (unpaired) electrons. The van der Waals surface area contributed by atoms with Crippen LogP contribution < -0.4 is 28.4 Å². The first-order valence-corrected chi connectivity index (χ1v) is 30.6. The molecule has 6 aliphatic rings. The van der Waals surface area contributed by atoms with E-state index >= 15 is 0 Å². The summed E-state index contributed by atoms with van der Waals surface area (Å²) in [5.41, 5.74) is 3.25. The first-order valence-electron chi connectivity index (χ1n) is 30.6. The maximum Gasteiger partial charge on any atom is 0.338 e. The molecule has 2 saturated heterocycles. The Kier molecular flexibility index (Phi) is 25.7. The number of esters is 2. The lowest BCUT2D eigenvalue weighted by molar-refractivity contribution is -0.151. The minimum Gasteiger partial charge on any atom is -0.508 e. The van der Waals surface area contributed by atoms with Gasteiger partial charge in [-0.25, -0.2) is 14.4 Å². The molecule has 0 aliphatic carbocycles. The number of rotatable bonds is 10. The van der Waals surface area contributed by atoms with Crippen molar-refractivity contribution in [2.45, 2.75) is 110 Å². The molecule has 12 rings (SSSR count). The van der Waals surface area contributed by atoms with Crippen LogP contribution >= 0.6 is 0 Å². The van der Waals surface area contributed by atoms with Crippen molar-refractivity contribution in [3.05, 3.63) is 159 Å². The topological polar surface area (TPSA) is 357 Å². The standard InChI is InChI=1S/C19H24O5.C14H16O4.C12H14O4.C10H10O4.C10H8O4.C7H6O3/c1-19(2,3)24-18(20)14-10-13-11-15(7-8-16(13)22-12-14)23-17-6-4-5-9-21-17;1-14(2,3)18-13(16)10-6-9-7-11(15)4-5-12(9)17-8-10;13-8-9-7-10(4-5-11(9)14)16-12-3-1-2-6-15-12;2*11-8-1-2-9-6(4-8)3-7(5-14-9)10(12)13;8-4-5-3-6(9)1-2-7(5)10/h7-8,10-11,17H,4-6,9,12H2,1-3H3;4-7,15H,8H2,1-3H3;4-5,7-8,12,14H,1-3,6H2;1-2,4,7,11H,3,5H2,(H,12,13);1-4,11H,5H2,(H,12,13);1-4,9-10H. The number of fused-ring (bicyclic) bond motifs is 4. The number of carbonyl (C=O) groups excluding carboxylic acids is 4. The van der Waals surface area contributed by atoms with Gasteiger partial charge in [0.15, 0.2) is 25.2 Å². The summed E-state index contributed by atoms with van der Waals surface area (Å²) in [7, 11) is 0. The van der Waals surface area contributed by atoms with Gasteiger partial charge in [0.05, 0.1) is 47.0 Å². The SMILES string of the molecule is CC(C)(C)OC(=O)C1=Cc2cc(O)ccc2OC1.CC(C)(C)OC(=O)C1=Cc2cc(OC3CCCCO3)ccc2OC1.O=C(O)C1=Cc2cc(O)ccc2OC1.O=C(O)C1COc2ccc(O)cc2C1.O=Cc1cc(O)ccc1O.O=Cc1cc(OC2CCCCO2)ccc1O. The fraction of sp³-hybridized carbons (Fsp3) is 0.333. The van der Waals surface area contributed by atoms with Crippen LogP contribution in [0.5, 0.6) is 69.0 Å². The molecule has 0 saturated carbocycles. The Bertz CT molecular complexity index is 3820. The van der Waals surface area contributed by atoms with Crippen LogP contribution in [0.2, 0.25) is 0 Å². The average Bonchev–Trinajstić information content (AvgIpc) is 0.895. The number of aldehydes is 2. The molecule has 0 amide bonds. The predicted molar refractivity (Wildman–Crippen MR) is 348 cm³/mol. The number of phenols is 6. The van der Waals surface area contributed by atoms with E-state index in [1.807, 2.05) is 65.8 Å². The quantitative estimate of drug-likeness (QED) is 0.0359. The van der Waals surface area contributed by atoms with Crippen molar-refractivity contribution in [2.75, 3.05) is 39.6 Å². The largest absolute Gasteiger partial charge is 0.508 e. The van der Waals surface area contributed by atoms with Crippen molar-refractivity contribution in [1.29, 1.82) is 0 Å². The van der Waals surface area contributed by atoms with E-state index in [0.29, 0.717) is 76.6 Å². The van der Waals surface area contributed by atoms with Gasteiger partial charge < -0.3 is 88.2 Å². The van der Waals surface area contributed by atoms with Gasteiger partial charge >= 0.3 is 23.9 Å². The molecule has 0 aromatic heterocycles. The van der Waals surface area contributed by atoms with Gasteiger partial charge in [0.2, 0.25) is 0 Å². The average molecular weight is 1330 g/mol. The third kappa shape index (κ3) is 22.8. The molecule has 24 heteroatoms. The Balaban J connectivity index is 0.000000166. The first-order chi connectivity index (χ1) is 45.6. The normalized spacial score (nSPS) is 17.0. The van der Waals surface area contributed by atoms with Gasteiger partial charge in [0.25, 0.3) is 0 Å². The number of phenolic OH excluding ortho intramolecular Hbond substituents is 6. The predicted octanol–water partition coefficient (Wildman–Crippen LogP) is 11.5. The van der Waals surface area contributed by atoms with E-state index in [9.17, 15) is 49.2 Å². The Morgan fingerprint density at radius 2 is 0.875 bits per heavy atom. The monoisotopic (exact) mass is 1330 g/mol. The molecule has 0 bridgehead atoms. The van der Waals surface area contributed by atoms with Crippen LogP contribution in [0.15, 0.2) is 126 Å². The van der Waals surface area contributed by atoms with Crippen LogP contribution in [0, 0.1) is 5.92 Å². The van der Waals surface area contributed by atoms with Crippen LogP contribution in [0.1, 0.15) is 123 Å². The Morgan fingerprint density at radius 1 is 0.469 bits per heavy atom. The maximum atomic E-state index is 12.2. The van der Waals surface area contributed by atoms with Crippen LogP contribution in [0.25, 0.3) is 18.2 Å². The zero-order chi connectivity index (χ0) is 69.7. The second-order valence-electron chi connectivity index (χ2n) is 24.2. The van der Waals surface area contributed by atoms with Gasteiger partial charge in [-0.15, -0.1) is 0 Å². The molecular weight excluding hydrogens is 1250 g/mol. The molecule has 96 heavy (non-hydrogen) atoms. The molecule has 6 aliphatic heterocycles. The molecule has 0 spiro atoms. The second kappa shape index (κ2) is 33.9. The van der Waals surface area contributed by atoms with Crippen molar-refractivity contribution in [3.63, 3.8) is 0 Å². The van der Waals surface area contributed by atoms with E-state index < -0.39 is 35.0 Å². The van der Waals surface area contributed by atoms with Crippen molar-refractivity contribution in [1.82, 2.24) is 0 Å². The van der Waals surface area contributed by atoms with Crippen LogP contribution in [-0.4, -0.2) is 141 Å². The summed E-state index contributed by atoms with van der Waals surface area (Å²) in [5, 5.41) is 72.3. The van der Waals surface area contributed by atoms with Crippen LogP contribution in [0.3, 0.4) is 0 Å². The van der Waals surface area contributed by atoms with E-state index in [-0.39, 0.29) is 96.2 Å². The van der Waals surface area contributed by atoms with Gasteiger partial charge in [-0.05, 0) is 207 Å². The Labute approximate surface area is 553 Å². The molecule has 24 nitrogen and oxygen atoms in total. The molecule has 2 fully saturated rings. The lowest BCUT2D eigenvalue weighted by Gasteiger charge is -2.25. The summed E-state index contributed by atoms with van der Waals surface area (Å²) in [5.74, 6) is 0.978. The number of carboxylic acid groups (broad SMARTS) is 2. The van der Waals surface area contributed by atoms with Gasteiger partial charge in [-0.2, -0.15) is 0 Å². The lowest BCUT2D eigenvalue weighted by Crippen LogP contribution is -2.27. The minimum atomic E-state index is -1.00. The fourth-order valence-electron chi connectivity index (χ4n) is 9.39. The van der Waals surface area contributed by atoms with Crippen molar-refractivity contribution in [2.24, 2.45) is 5.92 Å². The number of hydrogen-bond donors (Lipinski definition) is 8. The smallest absolute Gasteiger partial charge is 0.338 e. The van der Waals surface area contributed by atoms with E-state index in [0.717, 1.165) is 62.0 Å². The van der Waals surface area contributed by atoms with Crippen molar-refractivity contribution >= 4 is 54.7 Å². The molecular formula is C72H78O24. The second-order valence-corrected chi connectivity index (χ2v) is 24.2. The molecule has 3 unspecified atom stereocenters. The number of carbonyl (C=O) groups is 6. The zero-order valence-electron chi connectivity index (χ0n) is 53.8. The van der Waals surface area contributed by atoms with Gasteiger partial charge in [0, 0.05) is 29.5 Å². The Morgan fingerprint density at radius 3 is 1.33 bits per heavy atom. The summed E-state index contributed by atoms with van der Waals surface area (Å²) < 4.78 is 54.7. The highest BCUT2D eigenvalue weighted by Crippen LogP contribution is 2.35. The van der Waals surface area contributed by atoms with Gasteiger partial charge in [-0.3, -0.25) is 14.4 Å². The van der Waals surface area contributed by atoms with E-state index in [1.165, 1.54) is 54.6 Å². The Hall–Kier alpha value is -10.7. The van der Waals surface area contributed by atoms with Gasteiger partial charge in [-0.1, -0.05) is 0 Å². The fourth-order valence-corrected chi connectivity index (χ4v) is 9.39. The first kappa shape index (κ1) is 72.7. The number of benzene rings is 6. The zero-order valence-corrected chi connectivity index (χ0v) is 53.8. The third-order valence-corrected chi connectivity index (χ3v) is 14.1. The van der Waals surface area contributed by atoms with Crippen LogP contribution in [0.4, 0.5) is 0 Å². The molecule has 510 valence electrons. The molecule has 8 N–H and O–H groups in total. The summed E-state index contributed by atoms with van der Waals surface area (Å²) in [6, 6.07) is 28.0. The summed E-state index contributed by atoms with van der Waals surface area (Å²) in [6.07, 6.45) is 12.2. The number of ether oxygens (including phenoxy) is 10. The van der Waals surface area contributed by atoms with E-state index in [1.54, 1.807) is 48.5 Å². The highest BCUT2D eigenvalue weighted by molar-refractivity contribution is 5.96. The molecule has 3 atom stereocenters. The number of carboxylic acids is 2. The summed E-state index contributed by atoms with van der Waals surface area (Å²) in [6.45, 7) is 13.1. The van der Waals surface area contributed by atoms with Gasteiger partial charge in [0.1, 0.15) is 107 Å². The number of aromatic hydroxyl groups is 6. The molecule has 6 heterocycles. The highest BCUT2D eigenvalue weighted by atomic mass is 16.7. The minimum absolute atomic E-state index is 0.0279.